The van der Waals surface area contributed by atoms with Gasteiger partial charge < -0.3 is 19.6 Å². The van der Waals surface area contributed by atoms with Gasteiger partial charge in [0.2, 0.25) is 0 Å². The summed E-state index contributed by atoms with van der Waals surface area (Å²) in [6.45, 7) is 2.51. The number of methoxy groups -OCH3 is 1. The predicted octanol–water partition coefficient (Wildman–Crippen LogP) is 2.55. The normalized spacial score (nSPS) is 14.2. The molecule has 3 aromatic rings. The molecule has 2 aromatic carbocycles. The molecule has 1 saturated heterocycles. The first-order valence-electron chi connectivity index (χ1n) is 9.18. The number of phenolic OH excluding ortho intramolecular Hbond substituents is 1. The highest BCUT2D eigenvalue weighted by Crippen LogP contribution is 2.27. The molecular weight excluding hydrogens is 356 g/mol. The number of para-hydroxylation sites is 2. The summed E-state index contributed by atoms with van der Waals surface area (Å²) in [5.41, 5.74) is 2.09. The molecule has 1 amide bonds. The lowest BCUT2D eigenvalue weighted by molar-refractivity contribution is 0.0740. The predicted molar refractivity (Wildman–Crippen MR) is 106 cm³/mol. The highest BCUT2D eigenvalue weighted by molar-refractivity contribution is 5.92. The van der Waals surface area contributed by atoms with Gasteiger partial charge in [-0.3, -0.25) is 4.79 Å². The highest BCUT2D eigenvalue weighted by atomic mass is 16.5. The molecule has 1 aliphatic heterocycles. The van der Waals surface area contributed by atoms with Gasteiger partial charge in [0.25, 0.3) is 5.91 Å². The highest BCUT2D eigenvalue weighted by Gasteiger charge is 2.24. The zero-order valence-corrected chi connectivity index (χ0v) is 15.7. The molecule has 0 atom stereocenters. The van der Waals surface area contributed by atoms with Crippen LogP contribution in [0.25, 0.3) is 5.69 Å². The van der Waals surface area contributed by atoms with E-state index in [1.165, 1.54) is 0 Å². The zero-order chi connectivity index (χ0) is 19.5. The van der Waals surface area contributed by atoms with Crippen molar-refractivity contribution in [3.05, 3.63) is 66.5 Å². The third kappa shape index (κ3) is 3.51. The number of carbonyl (C=O) groups is 1. The van der Waals surface area contributed by atoms with Crippen LogP contribution in [0, 0.1) is 0 Å². The lowest BCUT2D eigenvalue weighted by Crippen LogP contribution is -2.48. The molecule has 0 unspecified atom stereocenters. The minimum atomic E-state index is -0.0794. The first-order chi connectivity index (χ1) is 13.7. The molecule has 7 nitrogen and oxygen atoms in total. The Morgan fingerprint density at radius 1 is 1.00 bits per heavy atom. The number of piperazine rings is 1. The smallest absolute Gasteiger partial charge is 0.274 e. The van der Waals surface area contributed by atoms with Crippen molar-refractivity contribution in [3.63, 3.8) is 0 Å². The first kappa shape index (κ1) is 17.9. The Morgan fingerprint density at radius 2 is 1.71 bits per heavy atom. The van der Waals surface area contributed by atoms with E-state index in [2.05, 4.69) is 10.00 Å². The maximum Gasteiger partial charge on any atom is 0.274 e. The fourth-order valence-corrected chi connectivity index (χ4v) is 3.36. The van der Waals surface area contributed by atoms with E-state index >= 15 is 0 Å². The second-order valence-electron chi connectivity index (χ2n) is 6.61. The van der Waals surface area contributed by atoms with Crippen molar-refractivity contribution in [2.24, 2.45) is 0 Å². The number of hydrogen-bond acceptors (Lipinski definition) is 5. The molecule has 1 N–H and O–H groups in total. The largest absolute Gasteiger partial charge is 0.506 e. The Balaban J connectivity index is 1.42. The van der Waals surface area contributed by atoms with Gasteiger partial charge in [0.1, 0.15) is 11.5 Å². The number of hydrogen-bond donors (Lipinski definition) is 1. The average molecular weight is 378 g/mol. The van der Waals surface area contributed by atoms with Crippen molar-refractivity contribution in [2.75, 3.05) is 38.2 Å². The lowest BCUT2D eigenvalue weighted by atomic mass is 10.2. The number of aromatic nitrogens is 2. The van der Waals surface area contributed by atoms with Crippen LogP contribution in [-0.4, -0.2) is 59.0 Å². The van der Waals surface area contributed by atoms with Crippen molar-refractivity contribution in [1.82, 2.24) is 14.7 Å². The summed E-state index contributed by atoms with van der Waals surface area (Å²) < 4.78 is 6.85. The Morgan fingerprint density at radius 3 is 2.39 bits per heavy atom. The van der Waals surface area contributed by atoms with Crippen LogP contribution in [0.3, 0.4) is 0 Å². The summed E-state index contributed by atoms with van der Waals surface area (Å²) in [5, 5.41) is 14.5. The van der Waals surface area contributed by atoms with Crippen LogP contribution < -0.4 is 9.64 Å². The van der Waals surface area contributed by atoms with Crippen molar-refractivity contribution < 1.29 is 14.6 Å². The fourth-order valence-electron chi connectivity index (χ4n) is 3.36. The minimum Gasteiger partial charge on any atom is -0.506 e. The Bertz CT molecular complexity index is 960. The van der Waals surface area contributed by atoms with Crippen molar-refractivity contribution in [1.29, 1.82) is 0 Å². The molecule has 1 aromatic heterocycles. The fraction of sp³-hybridized carbons (Fsp3) is 0.238. The molecule has 2 heterocycles. The van der Waals surface area contributed by atoms with Gasteiger partial charge in [-0.25, -0.2) is 4.68 Å². The number of amides is 1. The molecule has 1 fully saturated rings. The van der Waals surface area contributed by atoms with Crippen LogP contribution in [0.5, 0.6) is 11.5 Å². The standard InChI is InChI=1S/C21H22N4O3/c1-28-17-8-6-16(7-9-17)25-11-10-18(22-25)21(27)24-14-12-23(13-15-24)19-4-2-3-5-20(19)26/h2-11,26H,12-15H2,1H3. The van der Waals surface area contributed by atoms with E-state index in [1.807, 2.05) is 36.4 Å². The van der Waals surface area contributed by atoms with Crippen LogP contribution in [-0.2, 0) is 0 Å². The van der Waals surface area contributed by atoms with E-state index in [4.69, 9.17) is 4.74 Å². The topological polar surface area (TPSA) is 70.8 Å². The summed E-state index contributed by atoms with van der Waals surface area (Å²) in [5.74, 6) is 0.958. The summed E-state index contributed by atoms with van der Waals surface area (Å²) in [6.07, 6.45) is 1.79. The number of anilines is 1. The van der Waals surface area contributed by atoms with Crippen molar-refractivity contribution in [2.45, 2.75) is 0 Å². The maximum atomic E-state index is 12.8. The summed E-state index contributed by atoms with van der Waals surface area (Å²) in [4.78, 5) is 16.7. The van der Waals surface area contributed by atoms with Gasteiger partial charge in [-0.15, -0.1) is 0 Å². The number of aromatic hydroxyl groups is 1. The Labute approximate surface area is 163 Å². The molecule has 0 saturated carbocycles. The SMILES string of the molecule is COc1ccc(-n2ccc(C(=O)N3CCN(c4ccccc4O)CC3)n2)cc1. The number of nitrogens with zero attached hydrogens (tertiary/aromatic N) is 4. The second-order valence-corrected chi connectivity index (χ2v) is 6.61. The minimum absolute atomic E-state index is 0.0794. The molecule has 28 heavy (non-hydrogen) atoms. The van der Waals surface area contributed by atoms with Gasteiger partial charge in [0.15, 0.2) is 5.69 Å². The molecule has 4 rings (SSSR count). The van der Waals surface area contributed by atoms with Crippen LogP contribution in [0.4, 0.5) is 5.69 Å². The van der Waals surface area contributed by atoms with E-state index in [-0.39, 0.29) is 11.7 Å². The molecule has 7 heteroatoms. The number of carbonyl (C=O) groups excluding carboxylic acids is 1. The lowest BCUT2D eigenvalue weighted by Gasteiger charge is -2.36. The van der Waals surface area contributed by atoms with Crippen LogP contribution >= 0.6 is 0 Å². The summed E-state index contributed by atoms with van der Waals surface area (Å²) >= 11 is 0. The van der Waals surface area contributed by atoms with Crippen LogP contribution in [0.2, 0.25) is 0 Å². The third-order valence-electron chi connectivity index (χ3n) is 4.93. The maximum absolute atomic E-state index is 12.8. The molecule has 0 aliphatic carbocycles. The Hall–Kier alpha value is -3.48. The van der Waals surface area contributed by atoms with E-state index < -0.39 is 0 Å². The Kier molecular flexibility index (Phi) is 4.89. The number of ether oxygens (including phenoxy) is 1. The van der Waals surface area contributed by atoms with Gasteiger partial charge >= 0.3 is 0 Å². The van der Waals surface area contributed by atoms with Crippen LogP contribution in [0.15, 0.2) is 60.8 Å². The van der Waals surface area contributed by atoms with Crippen molar-refractivity contribution in [3.8, 4) is 17.2 Å². The monoisotopic (exact) mass is 378 g/mol. The summed E-state index contributed by atoms with van der Waals surface area (Å²) in [7, 11) is 1.62. The van der Waals surface area contributed by atoms with Gasteiger partial charge in [0, 0.05) is 32.4 Å². The first-order valence-corrected chi connectivity index (χ1v) is 9.18. The molecule has 0 spiro atoms. The van der Waals surface area contributed by atoms with E-state index in [0.29, 0.717) is 31.9 Å². The molecule has 0 bridgehead atoms. The van der Waals surface area contributed by atoms with E-state index in [9.17, 15) is 9.90 Å². The number of phenols is 1. The van der Waals surface area contributed by atoms with Gasteiger partial charge in [-0.2, -0.15) is 5.10 Å². The number of rotatable bonds is 4. The molecule has 0 radical (unpaired) electrons. The van der Waals surface area contributed by atoms with Crippen LogP contribution in [0.1, 0.15) is 10.5 Å². The van der Waals surface area contributed by atoms with Gasteiger partial charge in [-0.05, 0) is 42.5 Å². The zero-order valence-electron chi connectivity index (χ0n) is 15.7. The quantitative estimate of drug-likeness (QED) is 0.756. The number of benzene rings is 2. The average Bonchev–Trinajstić information content (AvgIpc) is 3.24. The third-order valence-corrected chi connectivity index (χ3v) is 4.93. The summed E-state index contributed by atoms with van der Waals surface area (Å²) in [6, 6.07) is 16.5. The van der Waals surface area contributed by atoms with E-state index in [1.54, 1.807) is 41.1 Å². The van der Waals surface area contributed by atoms with Gasteiger partial charge in [0.05, 0.1) is 18.5 Å². The molecule has 1 aliphatic rings. The van der Waals surface area contributed by atoms with E-state index in [0.717, 1.165) is 17.1 Å². The molecular formula is C21H22N4O3. The molecule has 144 valence electrons. The van der Waals surface area contributed by atoms with Crippen molar-refractivity contribution >= 4 is 11.6 Å². The van der Waals surface area contributed by atoms with Gasteiger partial charge in [-0.1, -0.05) is 12.1 Å². The second kappa shape index (κ2) is 7.64.